The van der Waals surface area contributed by atoms with Gasteiger partial charge >= 0.3 is 0 Å². The van der Waals surface area contributed by atoms with Crippen LogP contribution in [0.3, 0.4) is 0 Å². The number of carbonyl (C=O) groups is 2. The topological polar surface area (TPSA) is 58.6 Å². The fourth-order valence-corrected chi connectivity index (χ4v) is 2.32. The summed E-state index contributed by atoms with van der Waals surface area (Å²) in [5.74, 6) is -0.280. The summed E-state index contributed by atoms with van der Waals surface area (Å²) < 4.78 is 0. The Balaban J connectivity index is 2.05. The molecule has 0 spiro atoms. The van der Waals surface area contributed by atoms with Crippen LogP contribution in [0.5, 0.6) is 0 Å². The second kappa shape index (κ2) is 4.63. The summed E-state index contributed by atoms with van der Waals surface area (Å²) in [5, 5.41) is 4.68. The van der Waals surface area contributed by atoms with Crippen LogP contribution in [0.1, 0.15) is 23.0 Å². The lowest BCUT2D eigenvalue weighted by Gasteiger charge is -2.11. The van der Waals surface area contributed by atoms with Crippen molar-refractivity contribution in [3.05, 3.63) is 17.0 Å². The molecule has 1 aromatic rings. The van der Waals surface area contributed by atoms with Gasteiger partial charge in [-0.15, -0.1) is 11.3 Å². The highest BCUT2D eigenvalue weighted by molar-refractivity contribution is 7.18. The zero-order chi connectivity index (χ0) is 11.5. The molecule has 86 valence electrons. The van der Waals surface area contributed by atoms with Crippen LogP contribution < -0.4 is 5.32 Å². The summed E-state index contributed by atoms with van der Waals surface area (Å²) in [4.78, 5) is 28.4. The molecule has 0 bridgehead atoms. The Hall–Kier alpha value is -1.40. The van der Waals surface area contributed by atoms with Crippen LogP contribution in [0.15, 0.2) is 12.1 Å². The van der Waals surface area contributed by atoms with Gasteiger partial charge in [0.1, 0.15) is 0 Å². The molecular formula is C10H12N2O3S. The molecule has 6 heteroatoms. The molecule has 1 aromatic heterocycles. The lowest BCUT2D eigenvalue weighted by Crippen LogP contribution is -2.25. The second-order valence-electron chi connectivity index (χ2n) is 3.44. The maximum atomic E-state index is 11.8. The van der Waals surface area contributed by atoms with E-state index in [0.717, 1.165) is 6.42 Å². The summed E-state index contributed by atoms with van der Waals surface area (Å²) in [6.45, 7) is 2.66. The van der Waals surface area contributed by atoms with E-state index in [1.54, 1.807) is 12.1 Å². The molecule has 5 nitrogen and oxygen atoms in total. The summed E-state index contributed by atoms with van der Waals surface area (Å²) in [6, 6.07) is 3.41. The van der Waals surface area contributed by atoms with Crippen molar-refractivity contribution >= 4 is 28.2 Å². The number of hydrogen-bond donors (Lipinski definition) is 1. The number of rotatable bonds is 2. The largest absolute Gasteiger partial charge is 0.318 e. The molecule has 0 radical (unpaired) electrons. The van der Waals surface area contributed by atoms with E-state index in [1.807, 2.05) is 0 Å². The highest BCUT2D eigenvalue weighted by atomic mass is 32.1. The molecule has 1 fully saturated rings. The van der Waals surface area contributed by atoms with E-state index in [1.165, 1.54) is 23.3 Å². The molecule has 2 rings (SSSR count). The Morgan fingerprint density at radius 2 is 2.31 bits per heavy atom. The second-order valence-corrected chi connectivity index (χ2v) is 4.52. The molecular weight excluding hydrogens is 228 g/mol. The molecule has 2 heterocycles. The zero-order valence-corrected chi connectivity index (χ0v) is 9.67. The van der Waals surface area contributed by atoms with Crippen molar-refractivity contribution in [3.63, 3.8) is 0 Å². The molecule has 16 heavy (non-hydrogen) atoms. The number of carbonyl (C=O) groups excluding carboxylic acids is 2. The van der Waals surface area contributed by atoms with Crippen molar-refractivity contribution < 1.29 is 14.4 Å². The molecule has 0 saturated carbocycles. The van der Waals surface area contributed by atoms with Crippen molar-refractivity contribution in [1.29, 1.82) is 0 Å². The maximum absolute atomic E-state index is 11.8. The quantitative estimate of drug-likeness (QED) is 0.852. The fourth-order valence-electron chi connectivity index (χ4n) is 1.42. The smallest absolute Gasteiger partial charge is 0.287 e. The number of anilines is 1. The highest BCUT2D eigenvalue weighted by Crippen LogP contribution is 2.24. The van der Waals surface area contributed by atoms with Gasteiger partial charge in [0, 0.05) is 6.92 Å². The molecule has 0 unspecified atom stereocenters. The Bertz CT molecular complexity index is 410. The molecule has 1 saturated heterocycles. The number of nitrogens with one attached hydrogen (secondary N) is 1. The number of amides is 2. The summed E-state index contributed by atoms with van der Waals surface area (Å²) >= 11 is 1.25. The SMILES string of the molecule is CC(=O)Nc1ccc(C(=O)N2CCCO2)s1. The third-order valence-corrected chi connectivity index (χ3v) is 3.08. The minimum atomic E-state index is -0.140. The van der Waals surface area contributed by atoms with Crippen LogP contribution >= 0.6 is 11.3 Å². The van der Waals surface area contributed by atoms with Crippen molar-refractivity contribution in [1.82, 2.24) is 5.06 Å². The molecule has 1 aliphatic heterocycles. The first kappa shape index (κ1) is 11.1. The van der Waals surface area contributed by atoms with Gasteiger partial charge in [-0.05, 0) is 18.6 Å². The highest BCUT2D eigenvalue weighted by Gasteiger charge is 2.22. The number of hydroxylamine groups is 2. The monoisotopic (exact) mass is 240 g/mol. The van der Waals surface area contributed by atoms with E-state index in [4.69, 9.17) is 4.84 Å². The third-order valence-electron chi connectivity index (χ3n) is 2.10. The number of nitrogens with zero attached hydrogens (tertiary/aromatic N) is 1. The molecule has 2 amide bonds. The normalized spacial score (nSPS) is 15.2. The molecule has 0 aromatic carbocycles. The van der Waals surface area contributed by atoms with Gasteiger partial charge in [0.2, 0.25) is 5.91 Å². The van der Waals surface area contributed by atoms with E-state index in [-0.39, 0.29) is 11.8 Å². The van der Waals surface area contributed by atoms with E-state index in [0.29, 0.717) is 23.0 Å². The fraction of sp³-hybridized carbons (Fsp3) is 0.400. The van der Waals surface area contributed by atoms with E-state index in [9.17, 15) is 9.59 Å². The van der Waals surface area contributed by atoms with Crippen LogP contribution in [0.4, 0.5) is 5.00 Å². The van der Waals surface area contributed by atoms with Crippen LogP contribution in [-0.4, -0.2) is 30.0 Å². The van der Waals surface area contributed by atoms with Gasteiger partial charge < -0.3 is 5.32 Å². The Morgan fingerprint density at radius 1 is 1.50 bits per heavy atom. The van der Waals surface area contributed by atoms with Crippen LogP contribution in [0.2, 0.25) is 0 Å². The minimum Gasteiger partial charge on any atom is -0.318 e. The predicted molar refractivity (Wildman–Crippen MR) is 60.2 cm³/mol. The van der Waals surface area contributed by atoms with Gasteiger partial charge in [-0.3, -0.25) is 14.4 Å². The lowest BCUT2D eigenvalue weighted by atomic mass is 10.4. The van der Waals surface area contributed by atoms with E-state index < -0.39 is 0 Å². The van der Waals surface area contributed by atoms with Crippen molar-refractivity contribution in [2.24, 2.45) is 0 Å². The van der Waals surface area contributed by atoms with Gasteiger partial charge in [-0.25, -0.2) is 5.06 Å². The predicted octanol–water partition coefficient (Wildman–Crippen LogP) is 1.48. The summed E-state index contributed by atoms with van der Waals surface area (Å²) in [5.41, 5.74) is 0. The van der Waals surface area contributed by atoms with Crippen LogP contribution in [0.25, 0.3) is 0 Å². The number of thiophene rings is 1. The van der Waals surface area contributed by atoms with E-state index in [2.05, 4.69) is 5.32 Å². The first-order chi connectivity index (χ1) is 7.66. The van der Waals surface area contributed by atoms with Gasteiger partial charge in [-0.2, -0.15) is 0 Å². The molecule has 1 N–H and O–H groups in total. The van der Waals surface area contributed by atoms with Crippen molar-refractivity contribution in [2.75, 3.05) is 18.5 Å². The van der Waals surface area contributed by atoms with Crippen molar-refractivity contribution in [3.8, 4) is 0 Å². The van der Waals surface area contributed by atoms with Crippen LogP contribution in [0, 0.1) is 0 Å². The van der Waals surface area contributed by atoms with Gasteiger partial charge in [0.05, 0.1) is 23.0 Å². The van der Waals surface area contributed by atoms with Crippen molar-refractivity contribution in [2.45, 2.75) is 13.3 Å². The third kappa shape index (κ3) is 2.40. The van der Waals surface area contributed by atoms with Gasteiger partial charge in [0.25, 0.3) is 5.91 Å². The molecule has 0 atom stereocenters. The lowest BCUT2D eigenvalue weighted by molar-refractivity contribution is -0.114. The molecule has 0 aliphatic carbocycles. The first-order valence-corrected chi connectivity index (χ1v) is 5.80. The Labute approximate surface area is 97.0 Å². The average molecular weight is 240 g/mol. The Kier molecular flexibility index (Phi) is 3.21. The first-order valence-electron chi connectivity index (χ1n) is 4.99. The van der Waals surface area contributed by atoms with Gasteiger partial charge in [-0.1, -0.05) is 0 Å². The summed E-state index contributed by atoms with van der Waals surface area (Å²) in [6.07, 6.45) is 0.871. The maximum Gasteiger partial charge on any atom is 0.287 e. The number of hydrogen-bond acceptors (Lipinski definition) is 4. The standard InChI is InChI=1S/C10H12N2O3S/c1-7(13)11-9-4-3-8(16-9)10(14)12-5-2-6-15-12/h3-4H,2,5-6H2,1H3,(H,11,13). The van der Waals surface area contributed by atoms with E-state index >= 15 is 0 Å². The molecule has 1 aliphatic rings. The summed E-state index contributed by atoms with van der Waals surface area (Å²) in [7, 11) is 0. The minimum absolute atomic E-state index is 0.140. The van der Waals surface area contributed by atoms with Gasteiger partial charge in [0.15, 0.2) is 0 Å². The average Bonchev–Trinajstić information content (AvgIpc) is 2.84. The zero-order valence-electron chi connectivity index (χ0n) is 8.86. The van der Waals surface area contributed by atoms with Crippen LogP contribution in [-0.2, 0) is 9.63 Å². The Morgan fingerprint density at radius 3 is 2.94 bits per heavy atom.